The Balaban J connectivity index is 2.68. The number of rotatable bonds is 6. The van der Waals surface area contributed by atoms with E-state index in [0.29, 0.717) is 24.3 Å². The second kappa shape index (κ2) is 5.82. The zero-order chi connectivity index (χ0) is 13.0. The van der Waals surface area contributed by atoms with E-state index in [1.165, 1.54) is 6.07 Å². The normalized spacial score (nSPS) is 11.7. The average molecular weight is 240 g/mol. The highest BCUT2D eigenvalue weighted by Crippen LogP contribution is 2.12. The van der Waals surface area contributed by atoms with Crippen LogP contribution in [0.1, 0.15) is 43.9 Å². The molecular formula is C12H20N2O3. The van der Waals surface area contributed by atoms with Gasteiger partial charge in [0, 0.05) is 18.7 Å². The first-order chi connectivity index (χ1) is 7.90. The third-order valence-electron chi connectivity index (χ3n) is 2.47. The molecule has 1 rings (SSSR count). The molecule has 1 aromatic heterocycles. The molecular weight excluding hydrogens is 220 g/mol. The quantitative estimate of drug-likeness (QED) is 0.826. The van der Waals surface area contributed by atoms with Gasteiger partial charge in [0.25, 0.3) is 0 Å². The lowest BCUT2D eigenvalue weighted by atomic mass is 10.1. The largest absolute Gasteiger partial charge is 0.476 e. The topological polar surface area (TPSA) is 66.6 Å². The van der Waals surface area contributed by atoms with Crippen molar-refractivity contribution in [3.05, 3.63) is 17.5 Å². The maximum atomic E-state index is 10.7. The highest BCUT2D eigenvalue weighted by Gasteiger charge is 2.16. The lowest BCUT2D eigenvalue weighted by Crippen LogP contribution is -2.33. The van der Waals surface area contributed by atoms with E-state index in [9.17, 15) is 4.79 Å². The van der Waals surface area contributed by atoms with Crippen molar-refractivity contribution in [3.8, 4) is 0 Å². The number of carbonyl (C=O) groups is 1. The summed E-state index contributed by atoms with van der Waals surface area (Å²) in [5.74, 6) is 0.0935. The minimum atomic E-state index is -1.06. The van der Waals surface area contributed by atoms with Crippen LogP contribution in [-0.2, 0) is 6.54 Å². The Labute approximate surface area is 101 Å². The van der Waals surface area contributed by atoms with Crippen LogP contribution in [0.25, 0.3) is 0 Å². The molecule has 5 heteroatoms. The summed E-state index contributed by atoms with van der Waals surface area (Å²) in [5, 5.41) is 12.3. The summed E-state index contributed by atoms with van der Waals surface area (Å²) in [7, 11) is 0. The molecule has 1 N–H and O–H groups in total. The van der Waals surface area contributed by atoms with Crippen molar-refractivity contribution in [2.45, 2.75) is 40.3 Å². The molecule has 0 amide bonds. The molecule has 0 radical (unpaired) electrons. The Morgan fingerprint density at radius 1 is 1.47 bits per heavy atom. The predicted octanol–water partition coefficient (Wildman–Crippen LogP) is 2.24. The number of aromatic nitrogens is 1. The molecule has 17 heavy (non-hydrogen) atoms. The van der Waals surface area contributed by atoms with Crippen molar-refractivity contribution in [2.24, 2.45) is 5.92 Å². The summed E-state index contributed by atoms with van der Waals surface area (Å²) in [6.07, 6.45) is 0. The van der Waals surface area contributed by atoms with Gasteiger partial charge in [0.2, 0.25) is 0 Å². The monoisotopic (exact) mass is 240 g/mol. The van der Waals surface area contributed by atoms with Crippen LogP contribution in [0.4, 0.5) is 0 Å². The molecule has 0 aliphatic heterocycles. The van der Waals surface area contributed by atoms with Crippen molar-refractivity contribution in [1.29, 1.82) is 0 Å². The Bertz CT molecular complexity index is 372. The fourth-order valence-electron chi connectivity index (χ4n) is 1.62. The predicted molar refractivity (Wildman–Crippen MR) is 63.8 cm³/mol. The molecule has 96 valence electrons. The Kier molecular flexibility index (Phi) is 4.69. The van der Waals surface area contributed by atoms with E-state index >= 15 is 0 Å². The zero-order valence-corrected chi connectivity index (χ0v) is 10.8. The summed E-state index contributed by atoms with van der Waals surface area (Å²) < 4.78 is 5.02. The van der Waals surface area contributed by atoms with Crippen LogP contribution in [0.3, 0.4) is 0 Å². The van der Waals surface area contributed by atoms with Crippen LogP contribution >= 0.6 is 0 Å². The first kappa shape index (κ1) is 13.7. The van der Waals surface area contributed by atoms with Crippen LogP contribution in [0.15, 0.2) is 10.6 Å². The Morgan fingerprint density at radius 2 is 2.12 bits per heavy atom. The maximum absolute atomic E-state index is 10.7. The molecule has 0 saturated carbocycles. The first-order valence-corrected chi connectivity index (χ1v) is 5.83. The Hall–Kier alpha value is -1.36. The molecule has 0 unspecified atom stereocenters. The number of hydrogen-bond donors (Lipinski definition) is 1. The molecule has 0 aliphatic rings. The molecule has 1 aromatic rings. The Morgan fingerprint density at radius 3 is 2.53 bits per heavy atom. The summed E-state index contributed by atoms with van der Waals surface area (Å²) in [6.45, 7) is 10.1. The molecule has 0 atom stereocenters. The van der Waals surface area contributed by atoms with Gasteiger partial charge in [0.15, 0.2) is 11.5 Å². The van der Waals surface area contributed by atoms with Gasteiger partial charge in [0.1, 0.15) is 0 Å². The van der Waals surface area contributed by atoms with Crippen LogP contribution in [0.5, 0.6) is 0 Å². The molecule has 1 heterocycles. The van der Waals surface area contributed by atoms with E-state index in [4.69, 9.17) is 9.63 Å². The van der Waals surface area contributed by atoms with Crippen LogP contribution in [0, 0.1) is 5.92 Å². The molecule has 5 nitrogen and oxygen atoms in total. The van der Waals surface area contributed by atoms with E-state index in [1.807, 2.05) is 0 Å². The third-order valence-corrected chi connectivity index (χ3v) is 2.47. The number of hydrogen-bond acceptors (Lipinski definition) is 4. The SMILES string of the molecule is CC(C)CN(Cc1cc(C(=O)O)no1)C(C)C. The van der Waals surface area contributed by atoms with Gasteiger partial charge in [-0.2, -0.15) is 0 Å². The average Bonchev–Trinajstić information content (AvgIpc) is 2.64. The molecule has 0 saturated heterocycles. The lowest BCUT2D eigenvalue weighted by Gasteiger charge is -2.26. The summed E-state index contributed by atoms with van der Waals surface area (Å²) in [6, 6.07) is 1.87. The van der Waals surface area contributed by atoms with Gasteiger partial charge in [-0.15, -0.1) is 0 Å². The van der Waals surface area contributed by atoms with Crippen LogP contribution < -0.4 is 0 Å². The lowest BCUT2D eigenvalue weighted by molar-refractivity contribution is 0.0685. The van der Waals surface area contributed by atoms with Crippen molar-refractivity contribution >= 4 is 5.97 Å². The highest BCUT2D eigenvalue weighted by molar-refractivity contribution is 5.85. The van der Waals surface area contributed by atoms with Gasteiger partial charge in [-0.25, -0.2) is 4.79 Å². The summed E-state index contributed by atoms with van der Waals surface area (Å²) in [4.78, 5) is 12.9. The summed E-state index contributed by atoms with van der Waals surface area (Å²) in [5.41, 5.74) is -0.0340. The van der Waals surface area contributed by atoms with E-state index in [0.717, 1.165) is 6.54 Å². The fraction of sp³-hybridized carbons (Fsp3) is 0.667. The zero-order valence-electron chi connectivity index (χ0n) is 10.8. The number of nitrogens with zero attached hydrogens (tertiary/aromatic N) is 2. The second-order valence-corrected chi connectivity index (χ2v) is 4.90. The number of carboxylic acids is 1. The third kappa shape index (κ3) is 4.19. The molecule has 0 aliphatic carbocycles. The molecule has 0 fully saturated rings. The standard InChI is InChI=1S/C12H20N2O3/c1-8(2)6-14(9(3)4)7-10-5-11(12(15)16)13-17-10/h5,8-9H,6-7H2,1-4H3,(H,15,16). The summed E-state index contributed by atoms with van der Waals surface area (Å²) >= 11 is 0. The number of carboxylic acid groups (broad SMARTS) is 1. The van der Waals surface area contributed by atoms with E-state index in [1.54, 1.807) is 0 Å². The van der Waals surface area contributed by atoms with Crippen molar-refractivity contribution in [2.75, 3.05) is 6.54 Å². The maximum Gasteiger partial charge on any atom is 0.358 e. The van der Waals surface area contributed by atoms with Gasteiger partial charge in [-0.3, -0.25) is 4.90 Å². The van der Waals surface area contributed by atoms with E-state index in [-0.39, 0.29) is 5.69 Å². The molecule has 0 bridgehead atoms. The van der Waals surface area contributed by atoms with Gasteiger partial charge in [-0.1, -0.05) is 19.0 Å². The van der Waals surface area contributed by atoms with Crippen LogP contribution in [-0.4, -0.2) is 33.7 Å². The van der Waals surface area contributed by atoms with E-state index < -0.39 is 5.97 Å². The minimum Gasteiger partial charge on any atom is -0.476 e. The molecule has 0 aromatic carbocycles. The highest BCUT2D eigenvalue weighted by atomic mass is 16.5. The van der Waals surface area contributed by atoms with Gasteiger partial charge < -0.3 is 9.63 Å². The minimum absolute atomic E-state index is 0.0340. The molecule has 0 spiro atoms. The van der Waals surface area contributed by atoms with Crippen LogP contribution in [0.2, 0.25) is 0 Å². The second-order valence-electron chi connectivity index (χ2n) is 4.90. The van der Waals surface area contributed by atoms with Gasteiger partial charge in [-0.05, 0) is 19.8 Å². The van der Waals surface area contributed by atoms with Crippen molar-refractivity contribution in [1.82, 2.24) is 10.1 Å². The van der Waals surface area contributed by atoms with E-state index in [2.05, 4.69) is 37.8 Å². The van der Waals surface area contributed by atoms with Gasteiger partial charge in [0.05, 0.1) is 6.54 Å². The fourth-order valence-corrected chi connectivity index (χ4v) is 1.62. The van der Waals surface area contributed by atoms with Crippen molar-refractivity contribution < 1.29 is 14.4 Å². The van der Waals surface area contributed by atoms with Crippen molar-refractivity contribution in [3.63, 3.8) is 0 Å². The smallest absolute Gasteiger partial charge is 0.358 e. The number of aromatic carboxylic acids is 1. The van der Waals surface area contributed by atoms with Gasteiger partial charge >= 0.3 is 5.97 Å². The first-order valence-electron chi connectivity index (χ1n) is 5.83.